The van der Waals surface area contributed by atoms with Crippen molar-refractivity contribution in [2.75, 3.05) is 5.32 Å². The molecule has 1 aromatic heterocycles. The molecule has 1 unspecified atom stereocenters. The molecule has 1 heterocycles. The highest BCUT2D eigenvalue weighted by molar-refractivity contribution is 6.30. The summed E-state index contributed by atoms with van der Waals surface area (Å²) in [5.74, 6) is 0.199. The Hall–Kier alpha value is -3.12. The Morgan fingerprint density at radius 1 is 1.07 bits per heavy atom. The van der Waals surface area contributed by atoms with Crippen molar-refractivity contribution in [1.82, 2.24) is 15.1 Å². The van der Waals surface area contributed by atoms with Crippen molar-refractivity contribution in [2.24, 2.45) is 0 Å². The molecule has 0 radical (unpaired) electrons. The minimum Gasteiger partial charge on any atom is -0.349 e. The number of carbonyl (C=O) groups is 2. The Bertz CT molecular complexity index is 939. The third kappa shape index (κ3) is 5.44. The molecule has 0 bridgehead atoms. The fraction of sp³-hybridized carbons (Fsp3) is 0.190. The smallest absolute Gasteiger partial charge is 0.227 e. The molecule has 2 aromatic carbocycles. The Kier molecular flexibility index (Phi) is 6.45. The summed E-state index contributed by atoms with van der Waals surface area (Å²) in [6.45, 7) is 1.95. The van der Waals surface area contributed by atoms with Crippen molar-refractivity contribution >= 4 is 29.2 Å². The monoisotopic (exact) mass is 396 g/mol. The van der Waals surface area contributed by atoms with Crippen molar-refractivity contribution < 1.29 is 9.59 Å². The first-order valence-electron chi connectivity index (χ1n) is 8.89. The molecule has 144 valence electrons. The van der Waals surface area contributed by atoms with Crippen LogP contribution in [0.4, 0.5) is 5.82 Å². The standard InChI is InChI=1S/C21H21ClN4O2/c1-15(27)24-19(17-5-3-2-4-6-17)13-21(28)25-20-11-12-23-26(20)14-16-7-9-18(22)10-8-16/h2-12,19H,13-14H2,1H3,(H,24,27)(H,25,28). The lowest BCUT2D eigenvalue weighted by atomic mass is 10.0. The van der Waals surface area contributed by atoms with Gasteiger partial charge in [0.05, 0.1) is 25.2 Å². The zero-order valence-corrected chi connectivity index (χ0v) is 16.2. The van der Waals surface area contributed by atoms with E-state index in [1.807, 2.05) is 54.6 Å². The summed E-state index contributed by atoms with van der Waals surface area (Å²) in [4.78, 5) is 24.1. The first kappa shape index (κ1) is 19.6. The highest BCUT2D eigenvalue weighted by Gasteiger charge is 2.18. The predicted molar refractivity (Wildman–Crippen MR) is 109 cm³/mol. The topological polar surface area (TPSA) is 76.0 Å². The van der Waals surface area contributed by atoms with E-state index in [4.69, 9.17) is 11.6 Å². The fourth-order valence-electron chi connectivity index (χ4n) is 2.89. The first-order valence-corrected chi connectivity index (χ1v) is 9.27. The van der Waals surface area contributed by atoms with Crippen LogP contribution in [-0.4, -0.2) is 21.6 Å². The second kappa shape index (κ2) is 9.19. The van der Waals surface area contributed by atoms with E-state index in [1.54, 1.807) is 16.9 Å². The van der Waals surface area contributed by atoms with Gasteiger partial charge in [-0.1, -0.05) is 54.1 Å². The number of nitrogens with one attached hydrogen (secondary N) is 2. The molecule has 0 saturated heterocycles. The number of amides is 2. The van der Waals surface area contributed by atoms with Crippen LogP contribution < -0.4 is 10.6 Å². The highest BCUT2D eigenvalue weighted by atomic mass is 35.5. The van der Waals surface area contributed by atoms with Gasteiger partial charge < -0.3 is 10.6 Å². The summed E-state index contributed by atoms with van der Waals surface area (Å²) in [6.07, 6.45) is 1.75. The highest BCUT2D eigenvalue weighted by Crippen LogP contribution is 2.18. The lowest BCUT2D eigenvalue weighted by molar-refractivity contribution is -0.120. The van der Waals surface area contributed by atoms with E-state index in [0.29, 0.717) is 17.4 Å². The number of halogens is 1. The maximum absolute atomic E-state index is 12.6. The van der Waals surface area contributed by atoms with Gasteiger partial charge in [-0.15, -0.1) is 0 Å². The summed E-state index contributed by atoms with van der Waals surface area (Å²) < 4.78 is 1.71. The number of benzene rings is 2. The van der Waals surface area contributed by atoms with E-state index in [1.165, 1.54) is 6.92 Å². The van der Waals surface area contributed by atoms with Gasteiger partial charge in [0.15, 0.2) is 0 Å². The van der Waals surface area contributed by atoms with Gasteiger partial charge in [-0.05, 0) is 23.3 Å². The number of carbonyl (C=O) groups excluding carboxylic acids is 2. The Balaban J connectivity index is 1.68. The third-order valence-electron chi connectivity index (χ3n) is 4.20. The Labute approximate surface area is 168 Å². The molecule has 0 spiro atoms. The molecule has 3 rings (SSSR count). The number of hydrogen-bond acceptors (Lipinski definition) is 3. The summed E-state index contributed by atoms with van der Waals surface area (Å²) in [5, 5.41) is 10.7. The van der Waals surface area contributed by atoms with Gasteiger partial charge >= 0.3 is 0 Å². The van der Waals surface area contributed by atoms with Gasteiger partial charge in [0.25, 0.3) is 0 Å². The second-order valence-electron chi connectivity index (χ2n) is 6.42. The number of nitrogens with zero attached hydrogens (tertiary/aromatic N) is 2. The minimum absolute atomic E-state index is 0.121. The summed E-state index contributed by atoms with van der Waals surface area (Å²) in [7, 11) is 0. The van der Waals surface area contributed by atoms with Crippen molar-refractivity contribution in [1.29, 1.82) is 0 Å². The average molecular weight is 397 g/mol. The third-order valence-corrected chi connectivity index (χ3v) is 4.45. The maximum atomic E-state index is 12.6. The molecule has 0 aliphatic carbocycles. The summed E-state index contributed by atoms with van der Waals surface area (Å²) in [6, 6.07) is 18.2. The van der Waals surface area contributed by atoms with Crippen LogP contribution in [0.1, 0.15) is 30.5 Å². The lowest BCUT2D eigenvalue weighted by Crippen LogP contribution is -2.30. The molecule has 7 heteroatoms. The van der Waals surface area contributed by atoms with Gasteiger partial charge in [0, 0.05) is 18.0 Å². The number of hydrogen-bond donors (Lipinski definition) is 2. The van der Waals surface area contributed by atoms with E-state index >= 15 is 0 Å². The van der Waals surface area contributed by atoms with Crippen LogP contribution in [0.15, 0.2) is 66.9 Å². The zero-order chi connectivity index (χ0) is 19.9. The van der Waals surface area contributed by atoms with Crippen LogP contribution in [0.5, 0.6) is 0 Å². The molecule has 3 aromatic rings. The maximum Gasteiger partial charge on any atom is 0.227 e. The van der Waals surface area contributed by atoms with Gasteiger partial charge in [0.1, 0.15) is 5.82 Å². The summed E-state index contributed by atoms with van der Waals surface area (Å²) >= 11 is 5.92. The largest absolute Gasteiger partial charge is 0.349 e. The van der Waals surface area contributed by atoms with Crippen molar-refractivity contribution in [3.8, 4) is 0 Å². The summed E-state index contributed by atoms with van der Waals surface area (Å²) in [5.41, 5.74) is 1.89. The Morgan fingerprint density at radius 2 is 1.79 bits per heavy atom. The molecule has 0 aliphatic rings. The first-order chi connectivity index (χ1) is 13.5. The Morgan fingerprint density at radius 3 is 2.46 bits per heavy atom. The minimum atomic E-state index is -0.397. The second-order valence-corrected chi connectivity index (χ2v) is 6.85. The van der Waals surface area contributed by atoms with E-state index in [9.17, 15) is 9.59 Å². The van der Waals surface area contributed by atoms with Gasteiger partial charge in [0.2, 0.25) is 11.8 Å². The van der Waals surface area contributed by atoms with Gasteiger partial charge in [-0.3, -0.25) is 9.59 Å². The molecule has 0 aliphatic heterocycles. The molecule has 6 nitrogen and oxygen atoms in total. The quantitative estimate of drug-likeness (QED) is 0.638. The van der Waals surface area contributed by atoms with Crippen molar-refractivity contribution in [2.45, 2.75) is 25.9 Å². The van der Waals surface area contributed by atoms with Crippen LogP contribution in [-0.2, 0) is 16.1 Å². The molecule has 2 amide bonds. The molecule has 0 fully saturated rings. The number of rotatable bonds is 7. The van der Waals surface area contributed by atoms with E-state index in [-0.39, 0.29) is 18.2 Å². The van der Waals surface area contributed by atoms with E-state index in [0.717, 1.165) is 11.1 Å². The van der Waals surface area contributed by atoms with Crippen LogP contribution in [0.25, 0.3) is 0 Å². The lowest BCUT2D eigenvalue weighted by Gasteiger charge is -2.18. The zero-order valence-electron chi connectivity index (χ0n) is 15.4. The number of aromatic nitrogens is 2. The molecule has 1 atom stereocenters. The van der Waals surface area contributed by atoms with E-state index in [2.05, 4.69) is 15.7 Å². The van der Waals surface area contributed by atoms with Crippen molar-refractivity contribution in [3.63, 3.8) is 0 Å². The van der Waals surface area contributed by atoms with Crippen molar-refractivity contribution in [3.05, 3.63) is 83.0 Å². The van der Waals surface area contributed by atoms with Gasteiger partial charge in [-0.2, -0.15) is 5.10 Å². The van der Waals surface area contributed by atoms with Crippen LogP contribution in [0.2, 0.25) is 5.02 Å². The van der Waals surface area contributed by atoms with Crippen LogP contribution in [0.3, 0.4) is 0 Å². The normalized spacial score (nSPS) is 11.6. The fourth-order valence-corrected chi connectivity index (χ4v) is 3.02. The van der Waals surface area contributed by atoms with Crippen LogP contribution in [0, 0.1) is 0 Å². The molecular formula is C21H21ClN4O2. The van der Waals surface area contributed by atoms with Gasteiger partial charge in [-0.25, -0.2) is 4.68 Å². The molecule has 0 saturated carbocycles. The molecule has 28 heavy (non-hydrogen) atoms. The van der Waals surface area contributed by atoms with E-state index < -0.39 is 6.04 Å². The SMILES string of the molecule is CC(=O)NC(CC(=O)Nc1ccnn1Cc1ccc(Cl)cc1)c1ccccc1. The predicted octanol–water partition coefficient (Wildman–Crippen LogP) is 3.79. The number of anilines is 1. The molecule has 2 N–H and O–H groups in total. The van der Waals surface area contributed by atoms with Crippen LogP contribution >= 0.6 is 11.6 Å². The molecular weight excluding hydrogens is 376 g/mol. The average Bonchev–Trinajstić information content (AvgIpc) is 3.10.